The summed E-state index contributed by atoms with van der Waals surface area (Å²) in [6.07, 6.45) is 7.06. The summed E-state index contributed by atoms with van der Waals surface area (Å²) < 4.78 is 11.3. The quantitative estimate of drug-likeness (QED) is 0.458. The number of hydrogen-bond acceptors (Lipinski definition) is 4. The van der Waals surface area contributed by atoms with E-state index in [-0.39, 0.29) is 6.04 Å². The fourth-order valence-electron chi connectivity index (χ4n) is 2.79. The molecule has 0 aromatic heterocycles. The first-order chi connectivity index (χ1) is 10.3. The van der Waals surface area contributed by atoms with Gasteiger partial charge in [0.15, 0.2) is 11.5 Å². The zero-order valence-corrected chi connectivity index (χ0v) is 13.0. The van der Waals surface area contributed by atoms with Crippen molar-refractivity contribution in [1.29, 1.82) is 0 Å². The van der Waals surface area contributed by atoms with Crippen molar-refractivity contribution >= 4 is 0 Å². The van der Waals surface area contributed by atoms with Crippen LogP contribution in [0.3, 0.4) is 0 Å². The first kappa shape index (κ1) is 15.9. The van der Waals surface area contributed by atoms with Crippen molar-refractivity contribution in [2.24, 2.45) is 5.84 Å². The molecule has 0 bridgehead atoms. The molecule has 1 aliphatic rings. The summed E-state index contributed by atoms with van der Waals surface area (Å²) in [6.45, 7) is 5.20. The van der Waals surface area contributed by atoms with Crippen LogP contribution in [0.15, 0.2) is 29.8 Å². The van der Waals surface area contributed by atoms with Crippen molar-refractivity contribution in [3.8, 4) is 11.5 Å². The molecule has 1 unspecified atom stereocenters. The van der Waals surface area contributed by atoms with Gasteiger partial charge in [0.1, 0.15) is 0 Å². The molecule has 1 aromatic carbocycles. The van der Waals surface area contributed by atoms with Gasteiger partial charge in [0.25, 0.3) is 0 Å². The van der Waals surface area contributed by atoms with Crippen molar-refractivity contribution < 1.29 is 9.47 Å². The first-order valence-electron chi connectivity index (χ1n) is 7.84. The van der Waals surface area contributed by atoms with Gasteiger partial charge in [-0.05, 0) is 57.2 Å². The van der Waals surface area contributed by atoms with Crippen LogP contribution in [0.4, 0.5) is 0 Å². The van der Waals surface area contributed by atoms with Gasteiger partial charge in [-0.1, -0.05) is 17.7 Å². The molecule has 0 fully saturated rings. The Bertz CT molecular complexity index is 486. The van der Waals surface area contributed by atoms with Gasteiger partial charge in [-0.3, -0.25) is 5.84 Å². The summed E-state index contributed by atoms with van der Waals surface area (Å²) in [5.41, 5.74) is 5.44. The monoisotopic (exact) mass is 290 g/mol. The third kappa shape index (κ3) is 3.99. The van der Waals surface area contributed by atoms with Gasteiger partial charge in [0.2, 0.25) is 0 Å². The van der Waals surface area contributed by atoms with E-state index in [0.29, 0.717) is 13.2 Å². The highest BCUT2D eigenvalue weighted by atomic mass is 16.5. The highest BCUT2D eigenvalue weighted by Crippen LogP contribution is 2.35. The molecule has 1 aromatic rings. The molecule has 2 rings (SSSR count). The van der Waals surface area contributed by atoms with E-state index < -0.39 is 0 Å². The standard InChI is InChI=1S/C17H26N2O2/c1-3-20-15-11-10-14(12-16(15)21-4-2)17(19-18)13-8-6-5-7-9-13/h8,10-12,17,19H,3-7,9,18H2,1-2H3. The molecule has 0 saturated heterocycles. The average molecular weight is 290 g/mol. The molecular weight excluding hydrogens is 264 g/mol. The Hall–Kier alpha value is -1.52. The zero-order valence-electron chi connectivity index (χ0n) is 13.0. The zero-order chi connectivity index (χ0) is 15.1. The number of nitrogens with two attached hydrogens (primary N) is 1. The fourth-order valence-corrected chi connectivity index (χ4v) is 2.79. The maximum absolute atomic E-state index is 5.79. The minimum absolute atomic E-state index is 0.0557. The van der Waals surface area contributed by atoms with Crippen LogP contribution in [0, 0.1) is 0 Å². The SMILES string of the molecule is CCOc1ccc(C(NN)C2=CCCCC2)cc1OCC. The van der Waals surface area contributed by atoms with Crippen molar-refractivity contribution in [2.45, 2.75) is 45.6 Å². The Kier molecular flexibility index (Phi) is 6.08. The van der Waals surface area contributed by atoms with Gasteiger partial charge in [-0.2, -0.15) is 0 Å². The van der Waals surface area contributed by atoms with Gasteiger partial charge >= 0.3 is 0 Å². The molecule has 1 aliphatic carbocycles. The number of ether oxygens (including phenoxy) is 2. The van der Waals surface area contributed by atoms with Crippen molar-refractivity contribution in [2.75, 3.05) is 13.2 Å². The van der Waals surface area contributed by atoms with Crippen molar-refractivity contribution in [1.82, 2.24) is 5.43 Å². The lowest BCUT2D eigenvalue weighted by Gasteiger charge is -2.24. The predicted molar refractivity (Wildman–Crippen MR) is 85.4 cm³/mol. The maximum Gasteiger partial charge on any atom is 0.161 e. The minimum atomic E-state index is 0.0557. The summed E-state index contributed by atoms with van der Waals surface area (Å²) in [4.78, 5) is 0. The Morgan fingerprint density at radius 3 is 2.52 bits per heavy atom. The van der Waals surface area contributed by atoms with Gasteiger partial charge < -0.3 is 9.47 Å². The van der Waals surface area contributed by atoms with Gasteiger partial charge in [-0.15, -0.1) is 0 Å². The second kappa shape index (κ2) is 8.05. The van der Waals surface area contributed by atoms with Crippen LogP contribution >= 0.6 is 0 Å². The largest absolute Gasteiger partial charge is 0.490 e. The molecule has 0 saturated carbocycles. The Balaban J connectivity index is 2.28. The fraction of sp³-hybridized carbons (Fsp3) is 0.529. The van der Waals surface area contributed by atoms with Crippen LogP contribution in [0.2, 0.25) is 0 Å². The number of hydrogen-bond donors (Lipinski definition) is 2. The Morgan fingerprint density at radius 1 is 1.14 bits per heavy atom. The molecule has 0 aliphatic heterocycles. The number of benzene rings is 1. The molecule has 3 N–H and O–H groups in total. The molecule has 4 heteroatoms. The molecule has 21 heavy (non-hydrogen) atoms. The van der Waals surface area contributed by atoms with Crippen molar-refractivity contribution in [3.63, 3.8) is 0 Å². The van der Waals surface area contributed by atoms with E-state index >= 15 is 0 Å². The summed E-state index contributed by atoms with van der Waals surface area (Å²) >= 11 is 0. The topological polar surface area (TPSA) is 56.5 Å². The molecule has 1 atom stereocenters. The molecule has 0 radical (unpaired) electrons. The van der Waals surface area contributed by atoms with Crippen LogP contribution in [0.5, 0.6) is 11.5 Å². The van der Waals surface area contributed by atoms with Gasteiger partial charge in [0, 0.05) is 0 Å². The van der Waals surface area contributed by atoms with E-state index in [4.69, 9.17) is 15.3 Å². The number of nitrogens with one attached hydrogen (secondary N) is 1. The van der Waals surface area contributed by atoms with Crippen LogP contribution in [-0.4, -0.2) is 13.2 Å². The third-order valence-corrected chi connectivity index (χ3v) is 3.76. The van der Waals surface area contributed by atoms with E-state index in [2.05, 4.69) is 17.6 Å². The smallest absolute Gasteiger partial charge is 0.161 e. The van der Waals surface area contributed by atoms with E-state index in [0.717, 1.165) is 29.9 Å². The molecule has 116 valence electrons. The van der Waals surface area contributed by atoms with Crippen LogP contribution in [-0.2, 0) is 0 Å². The molecule has 4 nitrogen and oxygen atoms in total. The number of rotatable bonds is 7. The highest BCUT2D eigenvalue weighted by Gasteiger charge is 2.18. The summed E-state index contributed by atoms with van der Waals surface area (Å²) in [5, 5.41) is 0. The third-order valence-electron chi connectivity index (χ3n) is 3.76. The first-order valence-corrected chi connectivity index (χ1v) is 7.84. The molecule has 0 spiro atoms. The van der Waals surface area contributed by atoms with E-state index in [1.807, 2.05) is 26.0 Å². The summed E-state index contributed by atoms with van der Waals surface area (Å²) in [6, 6.07) is 6.12. The average Bonchev–Trinajstić information content (AvgIpc) is 2.52. The number of allylic oxidation sites excluding steroid dienone is 1. The van der Waals surface area contributed by atoms with Crippen molar-refractivity contribution in [3.05, 3.63) is 35.4 Å². The van der Waals surface area contributed by atoms with Gasteiger partial charge in [0.05, 0.1) is 19.3 Å². The van der Waals surface area contributed by atoms with E-state index in [1.165, 1.54) is 18.4 Å². The summed E-state index contributed by atoms with van der Waals surface area (Å²) in [5.74, 6) is 7.37. The molecular formula is C17H26N2O2. The summed E-state index contributed by atoms with van der Waals surface area (Å²) in [7, 11) is 0. The lowest BCUT2D eigenvalue weighted by molar-refractivity contribution is 0.287. The second-order valence-electron chi connectivity index (χ2n) is 5.20. The van der Waals surface area contributed by atoms with E-state index in [9.17, 15) is 0 Å². The van der Waals surface area contributed by atoms with E-state index in [1.54, 1.807) is 0 Å². The van der Waals surface area contributed by atoms with Crippen LogP contribution < -0.4 is 20.7 Å². The van der Waals surface area contributed by atoms with Gasteiger partial charge in [-0.25, -0.2) is 5.43 Å². The molecule has 0 amide bonds. The number of hydrazine groups is 1. The highest BCUT2D eigenvalue weighted by molar-refractivity contribution is 5.45. The lowest BCUT2D eigenvalue weighted by Crippen LogP contribution is -2.30. The second-order valence-corrected chi connectivity index (χ2v) is 5.20. The minimum Gasteiger partial charge on any atom is -0.490 e. The maximum atomic E-state index is 5.79. The van der Waals surface area contributed by atoms with Crippen LogP contribution in [0.1, 0.15) is 51.1 Å². The normalized spacial score (nSPS) is 16.2. The van der Waals surface area contributed by atoms with Crippen LogP contribution in [0.25, 0.3) is 0 Å². The Labute approximate surface area is 127 Å². The Morgan fingerprint density at radius 2 is 1.90 bits per heavy atom. The predicted octanol–water partition coefficient (Wildman–Crippen LogP) is 3.49. The lowest BCUT2D eigenvalue weighted by atomic mass is 9.90. The molecule has 0 heterocycles.